The van der Waals surface area contributed by atoms with E-state index in [1.54, 1.807) is 0 Å². The molecule has 13 heteroatoms. The highest BCUT2D eigenvalue weighted by Gasteiger charge is 2.21. The number of carbonyl (C=O) groups is 2. The molecule has 172 valence electrons. The first-order chi connectivity index (χ1) is 13.6. The van der Waals surface area contributed by atoms with Crippen molar-refractivity contribution >= 4 is 41.9 Å². The minimum atomic E-state index is -1.26. The largest absolute Gasteiger partial charge is 0.478 e. The number of carboxylic acid groups (broad SMARTS) is 2. The van der Waals surface area contributed by atoms with Gasteiger partial charge in [0.15, 0.2) is 0 Å². The Morgan fingerprint density at radius 3 is 2.30 bits per heavy atom. The zero-order valence-electron chi connectivity index (χ0n) is 17.1. The van der Waals surface area contributed by atoms with Crippen molar-refractivity contribution in [2.24, 2.45) is 0 Å². The van der Waals surface area contributed by atoms with Crippen molar-refractivity contribution in [1.29, 1.82) is 0 Å². The molecule has 11 nitrogen and oxygen atoms in total. The zero-order chi connectivity index (χ0) is 21.9. The van der Waals surface area contributed by atoms with Gasteiger partial charge in [-0.25, -0.2) is 9.59 Å². The van der Waals surface area contributed by atoms with Gasteiger partial charge in [-0.2, -0.15) is 4.37 Å². The fourth-order valence-corrected chi connectivity index (χ4v) is 2.56. The van der Waals surface area contributed by atoms with Gasteiger partial charge in [0.2, 0.25) is 5.82 Å². The third kappa shape index (κ3) is 12.5. The number of aliphatic carboxylic acids is 2. The van der Waals surface area contributed by atoms with Gasteiger partial charge in [0.25, 0.3) is 5.88 Å². The van der Waals surface area contributed by atoms with E-state index in [1.165, 1.54) is 0 Å². The first-order valence-corrected chi connectivity index (χ1v) is 9.66. The van der Waals surface area contributed by atoms with Gasteiger partial charge in [-0.1, -0.05) is 0 Å². The smallest absolute Gasteiger partial charge is 0.328 e. The van der Waals surface area contributed by atoms with Crippen molar-refractivity contribution in [2.75, 3.05) is 44.4 Å². The Labute approximate surface area is 185 Å². The molecule has 0 aromatic carbocycles. The monoisotopic (exact) mass is 468 g/mol. The summed E-state index contributed by atoms with van der Waals surface area (Å²) in [6, 6.07) is 0. The van der Waals surface area contributed by atoms with Gasteiger partial charge in [0.05, 0.1) is 24.9 Å². The third-order valence-corrected chi connectivity index (χ3v) is 3.90. The quantitative estimate of drug-likeness (QED) is 0.397. The molecule has 2 heterocycles. The van der Waals surface area contributed by atoms with E-state index in [9.17, 15) is 14.7 Å². The summed E-state index contributed by atoms with van der Waals surface area (Å²) in [5.41, 5.74) is -0.0257. The molecule has 1 aromatic rings. The maximum absolute atomic E-state index is 9.95. The molecule has 1 fully saturated rings. The highest BCUT2D eigenvalue weighted by atomic mass is 35.5. The average Bonchev–Trinajstić information content (AvgIpc) is 3.12. The third-order valence-electron chi connectivity index (χ3n) is 3.40. The number of anilines is 1. The number of hydrogen-bond donors (Lipinski definition) is 4. The first kappa shape index (κ1) is 28.0. The Morgan fingerprint density at radius 1 is 1.23 bits per heavy atom. The van der Waals surface area contributed by atoms with Crippen molar-refractivity contribution in [3.63, 3.8) is 0 Å². The summed E-state index contributed by atoms with van der Waals surface area (Å²) < 4.78 is 19.4. The van der Waals surface area contributed by atoms with Crippen LogP contribution in [0.4, 0.5) is 5.82 Å². The van der Waals surface area contributed by atoms with Crippen LogP contribution in [0.2, 0.25) is 0 Å². The molecule has 0 unspecified atom stereocenters. The Hall–Kier alpha value is -1.99. The van der Waals surface area contributed by atoms with E-state index in [0.717, 1.165) is 30.6 Å². The van der Waals surface area contributed by atoms with Crippen LogP contribution in [0.1, 0.15) is 20.8 Å². The van der Waals surface area contributed by atoms with Gasteiger partial charge in [0, 0.05) is 37.3 Å². The molecule has 1 aliphatic heterocycles. The summed E-state index contributed by atoms with van der Waals surface area (Å²) in [7, 11) is 0. The van der Waals surface area contributed by atoms with E-state index in [1.807, 2.05) is 0 Å². The van der Waals surface area contributed by atoms with Crippen LogP contribution in [-0.4, -0.2) is 87.1 Å². The molecule has 1 aromatic heterocycles. The van der Waals surface area contributed by atoms with Gasteiger partial charge in [-0.05, 0) is 20.8 Å². The highest BCUT2D eigenvalue weighted by Crippen LogP contribution is 2.26. The molecule has 2 rings (SSSR count). The molecule has 0 radical (unpaired) electrons. The molecule has 0 spiro atoms. The number of halogens is 1. The SMILES string of the molecule is CC(C)(C)NC[C@H](O)COc1nsnc1N1CCOCC1.Cl.O=C(O)/C=C\C(=O)O. The van der Waals surface area contributed by atoms with Crippen LogP contribution in [0, 0.1) is 0 Å². The maximum atomic E-state index is 9.95. The van der Waals surface area contributed by atoms with Crippen molar-refractivity contribution in [1.82, 2.24) is 14.1 Å². The minimum Gasteiger partial charge on any atom is -0.478 e. The number of morpholine rings is 1. The predicted octanol–water partition coefficient (Wildman–Crippen LogP) is 0.636. The number of carboxylic acids is 2. The van der Waals surface area contributed by atoms with E-state index in [4.69, 9.17) is 19.7 Å². The fourth-order valence-electron chi connectivity index (χ4n) is 2.04. The molecule has 1 atom stereocenters. The van der Waals surface area contributed by atoms with Gasteiger partial charge >= 0.3 is 11.9 Å². The maximum Gasteiger partial charge on any atom is 0.328 e. The Kier molecular flexibility index (Phi) is 13.2. The minimum absolute atomic E-state index is 0. The average molecular weight is 469 g/mol. The topological polar surface area (TPSA) is 154 Å². The number of aliphatic hydroxyl groups excluding tert-OH is 1. The lowest BCUT2D eigenvalue weighted by atomic mass is 10.1. The first-order valence-electron chi connectivity index (χ1n) is 8.93. The van der Waals surface area contributed by atoms with Gasteiger partial charge in [-0.3, -0.25) is 0 Å². The second kappa shape index (κ2) is 14.1. The van der Waals surface area contributed by atoms with E-state index in [-0.39, 0.29) is 24.6 Å². The molecule has 0 aliphatic carbocycles. The summed E-state index contributed by atoms with van der Waals surface area (Å²) in [5.74, 6) is -1.27. The second-order valence-corrected chi connectivity index (χ2v) is 7.63. The standard InChI is InChI=1S/C13H24N4O3S.C4H4O4.ClH/c1-13(2,3)14-8-10(18)9-20-12-11(15-21-16-12)17-4-6-19-7-5-17;5-3(6)1-2-4(7)8;/h10,14,18H,4-9H2,1-3H3;1-2H,(H,5,6)(H,7,8);1H/b;2-1-;/t10-;;/m0../s1. The molecular formula is C17H29ClN4O7S. The number of β-amino-alcohol motifs (C(OH)–C–C–N with tert-alkyl or cyclic N) is 1. The number of nitrogens with zero attached hydrogens (tertiary/aromatic N) is 3. The summed E-state index contributed by atoms with van der Waals surface area (Å²) >= 11 is 1.12. The molecule has 0 saturated carbocycles. The van der Waals surface area contributed by atoms with Crippen LogP contribution >= 0.6 is 24.1 Å². The normalized spacial score (nSPS) is 15.0. The molecule has 1 aliphatic rings. The number of aliphatic hydroxyl groups is 1. The van der Waals surface area contributed by atoms with Crippen LogP contribution in [-0.2, 0) is 14.3 Å². The lowest BCUT2D eigenvalue weighted by Gasteiger charge is -2.27. The Balaban J connectivity index is 0.000000801. The lowest BCUT2D eigenvalue weighted by Crippen LogP contribution is -2.42. The zero-order valence-corrected chi connectivity index (χ0v) is 18.7. The second-order valence-electron chi connectivity index (χ2n) is 7.10. The summed E-state index contributed by atoms with van der Waals surface area (Å²) in [6.45, 7) is 9.81. The van der Waals surface area contributed by atoms with Gasteiger partial charge in [-0.15, -0.1) is 16.8 Å². The van der Waals surface area contributed by atoms with Crippen LogP contribution in [0.5, 0.6) is 5.88 Å². The van der Waals surface area contributed by atoms with E-state index in [0.29, 0.717) is 37.8 Å². The Morgan fingerprint density at radius 2 is 1.80 bits per heavy atom. The van der Waals surface area contributed by atoms with Crippen molar-refractivity contribution in [3.05, 3.63) is 12.2 Å². The van der Waals surface area contributed by atoms with Crippen molar-refractivity contribution in [2.45, 2.75) is 32.4 Å². The number of aromatic nitrogens is 2. The summed E-state index contributed by atoms with van der Waals surface area (Å²) in [6.07, 6.45) is 0.536. The lowest BCUT2D eigenvalue weighted by molar-refractivity contribution is -0.134. The number of rotatable bonds is 8. The van der Waals surface area contributed by atoms with E-state index >= 15 is 0 Å². The van der Waals surface area contributed by atoms with E-state index < -0.39 is 18.0 Å². The Bertz CT molecular complexity index is 659. The van der Waals surface area contributed by atoms with Crippen molar-refractivity contribution in [3.8, 4) is 5.88 Å². The number of hydrogen-bond acceptors (Lipinski definition) is 10. The van der Waals surface area contributed by atoms with Crippen LogP contribution in [0.3, 0.4) is 0 Å². The molecule has 4 N–H and O–H groups in total. The molecular weight excluding hydrogens is 440 g/mol. The van der Waals surface area contributed by atoms with E-state index in [2.05, 4.69) is 39.7 Å². The highest BCUT2D eigenvalue weighted by molar-refractivity contribution is 6.99. The van der Waals surface area contributed by atoms with Gasteiger partial charge < -0.3 is 35.0 Å². The molecule has 0 amide bonds. The van der Waals surface area contributed by atoms with Crippen LogP contribution < -0.4 is 15.0 Å². The van der Waals surface area contributed by atoms with Crippen LogP contribution in [0.15, 0.2) is 12.2 Å². The molecule has 0 bridgehead atoms. The van der Waals surface area contributed by atoms with Crippen molar-refractivity contribution < 1.29 is 34.4 Å². The van der Waals surface area contributed by atoms with Gasteiger partial charge in [0.1, 0.15) is 12.7 Å². The fraction of sp³-hybridized carbons (Fsp3) is 0.647. The number of nitrogens with one attached hydrogen (secondary N) is 1. The predicted molar refractivity (Wildman–Crippen MR) is 114 cm³/mol. The molecule has 30 heavy (non-hydrogen) atoms. The van der Waals surface area contributed by atoms with Crippen LogP contribution in [0.25, 0.3) is 0 Å². The number of ether oxygens (including phenoxy) is 2. The molecule has 1 saturated heterocycles. The summed E-state index contributed by atoms with van der Waals surface area (Å²) in [4.78, 5) is 21.2. The summed E-state index contributed by atoms with van der Waals surface area (Å²) in [5, 5.41) is 28.8.